The minimum Gasteiger partial charge on any atom is -0.354 e. The quantitative estimate of drug-likeness (QED) is 0.369. The van der Waals surface area contributed by atoms with Gasteiger partial charge in [-0.3, -0.25) is 4.79 Å². The molecule has 188 valence electrons. The Kier molecular flexibility index (Phi) is 9.63. The molecule has 1 saturated carbocycles. The third-order valence-corrected chi connectivity index (χ3v) is 9.68. The van der Waals surface area contributed by atoms with Crippen molar-refractivity contribution >= 4 is 22.5 Å². The van der Waals surface area contributed by atoms with Crippen LogP contribution in [0.25, 0.3) is 11.1 Å². The zero-order valence-corrected chi connectivity index (χ0v) is 22.6. The number of aryl methyl sites for hydroxylation is 1. The van der Waals surface area contributed by atoms with E-state index in [0.29, 0.717) is 22.9 Å². The number of hydrogen-bond acceptors (Lipinski definition) is 4. The molecule has 6 nitrogen and oxygen atoms in total. The van der Waals surface area contributed by atoms with Gasteiger partial charge >= 0.3 is 0 Å². The van der Waals surface area contributed by atoms with E-state index in [-0.39, 0.29) is 11.8 Å². The summed E-state index contributed by atoms with van der Waals surface area (Å²) in [6, 6.07) is 7.53. The van der Waals surface area contributed by atoms with Gasteiger partial charge in [-0.25, -0.2) is 4.68 Å². The van der Waals surface area contributed by atoms with E-state index in [0.717, 1.165) is 72.2 Å². The van der Waals surface area contributed by atoms with Crippen LogP contribution in [-0.2, 0) is 27.2 Å². The van der Waals surface area contributed by atoms with Crippen molar-refractivity contribution in [3.8, 4) is 11.1 Å². The molecule has 3 rings (SSSR count). The normalized spacial score (nSPS) is 20.4. The lowest BCUT2D eigenvalue weighted by molar-refractivity contribution is -0.118. The molecule has 1 fully saturated rings. The Hall–Kier alpha value is -1.83. The number of nitrogens with two attached hydrogens (primary N) is 1. The maximum atomic E-state index is 12.7. The third kappa shape index (κ3) is 6.86. The van der Waals surface area contributed by atoms with Crippen LogP contribution in [0.15, 0.2) is 24.3 Å². The second-order valence-electron chi connectivity index (χ2n) is 10.1. The first-order valence-electron chi connectivity index (χ1n) is 12.6. The molecule has 0 spiro atoms. The highest BCUT2D eigenvalue weighted by Crippen LogP contribution is 2.31. The minimum atomic E-state index is -0.445. The zero-order valence-electron chi connectivity index (χ0n) is 21.8. The van der Waals surface area contributed by atoms with Gasteiger partial charge in [0.1, 0.15) is 17.7 Å². The number of benzene rings is 1. The molecule has 7 heteroatoms. The zero-order chi connectivity index (χ0) is 24.8. The summed E-state index contributed by atoms with van der Waals surface area (Å²) in [5.41, 5.74) is 11.3. The molecule has 1 unspecified atom stereocenters. The topological polar surface area (TPSA) is 82.2 Å². The SMILES string of the molecule is Cc1nn(COCC[S+](C)C(C)C)c(C)c1-c1ccc(NC(=O)[C@@H](N)C2CCC(C)CC2)cc1. The van der Waals surface area contributed by atoms with Crippen LogP contribution in [0.1, 0.15) is 57.8 Å². The van der Waals surface area contributed by atoms with Crippen LogP contribution in [0.2, 0.25) is 0 Å². The average molecular weight is 488 g/mol. The third-order valence-electron chi connectivity index (χ3n) is 7.26. The molecule has 0 bridgehead atoms. The van der Waals surface area contributed by atoms with Crippen molar-refractivity contribution < 1.29 is 9.53 Å². The molecule has 1 aromatic heterocycles. The lowest BCUT2D eigenvalue weighted by atomic mass is 9.79. The number of carbonyl (C=O) groups excluding carboxylic acids is 1. The monoisotopic (exact) mass is 487 g/mol. The van der Waals surface area contributed by atoms with Gasteiger partial charge in [0.05, 0.1) is 24.6 Å². The molecule has 1 heterocycles. The molecule has 1 aliphatic carbocycles. The van der Waals surface area contributed by atoms with Crippen LogP contribution in [0, 0.1) is 25.7 Å². The van der Waals surface area contributed by atoms with E-state index in [1.165, 1.54) is 0 Å². The van der Waals surface area contributed by atoms with Crippen LogP contribution in [-0.4, -0.2) is 45.6 Å². The van der Waals surface area contributed by atoms with Gasteiger partial charge in [0.25, 0.3) is 0 Å². The number of hydrogen-bond donors (Lipinski definition) is 2. The predicted molar refractivity (Wildman–Crippen MR) is 144 cm³/mol. The van der Waals surface area contributed by atoms with Crippen LogP contribution in [0.4, 0.5) is 5.69 Å². The van der Waals surface area contributed by atoms with Crippen molar-refractivity contribution in [2.45, 2.75) is 78.3 Å². The van der Waals surface area contributed by atoms with E-state index in [1.54, 1.807) is 0 Å². The van der Waals surface area contributed by atoms with Gasteiger partial charge in [-0.2, -0.15) is 5.10 Å². The molecule has 2 aromatic rings. The summed E-state index contributed by atoms with van der Waals surface area (Å²) in [6.45, 7) is 12.1. The average Bonchev–Trinajstić information content (AvgIpc) is 3.09. The molecule has 34 heavy (non-hydrogen) atoms. The van der Waals surface area contributed by atoms with E-state index in [4.69, 9.17) is 15.6 Å². The maximum absolute atomic E-state index is 12.7. The number of aromatic nitrogens is 2. The molecule has 0 aliphatic heterocycles. The Labute approximate surface area is 208 Å². The molecule has 0 saturated heterocycles. The number of rotatable bonds is 10. The molecule has 3 N–H and O–H groups in total. The Morgan fingerprint density at radius 1 is 1.21 bits per heavy atom. The second kappa shape index (κ2) is 12.2. The highest BCUT2D eigenvalue weighted by Gasteiger charge is 2.28. The van der Waals surface area contributed by atoms with E-state index < -0.39 is 6.04 Å². The molecular weight excluding hydrogens is 444 g/mol. The largest absolute Gasteiger partial charge is 0.354 e. The van der Waals surface area contributed by atoms with Gasteiger partial charge in [0.15, 0.2) is 0 Å². The van der Waals surface area contributed by atoms with Gasteiger partial charge in [0.2, 0.25) is 5.91 Å². The van der Waals surface area contributed by atoms with Crippen molar-refractivity contribution in [1.29, 1.82) is 0 Å². The Morgan fingerprint density at radius 3 is 2.47 bits per heavy atom. The highest BCUT2D eigenvalue weighted by molar-refractivity contribution is 7.96. The van der Waals surface area contributed by atoms with Gasteiger partial charge in [-0.15, -0.1) is 0 Å². The fourth-order valence-electron chi connectivity index (χ4n) is 4.62. The molecular formula is C27H43N4O2S+. The number of carbonyl (C=O) groups is 1. The first kappa shape index (κ1) is 26.8. The molecule has 2 atom stereocenters. The minimum absolute atomic E-state index is 0.0861. The van der Waals surface area contributed by atoms with E-state index in [2.05, 4.69) is 39.3 Å². The van der Waals surface area contributed by atoms with E-state index in [9.17, 15) is 4.79 Å². The first-order valence-corrected chi connectivity index (χ1v) is 14.4. The predicted octanol–water partition coefficient (Wildman–Crippen LogP) is 4.89. The highest BCUT2D eigenvalue weighted by atomic mass is 32.2. The van der Waals surface area contributed by atoms with Gasteiger partial charge in [0, 0.05) is 16.9 Å². The van der Waals surface area contributed by atoms with Crippen LogP contribution < -0.4 is 11.1 Å². The van der Waals surface area contributed by atoms with Crippen molar-refractivity contribution in [3.05, 3.63) is 35.7 Å². The molecule has 1 aliphatic rings. The summed E-state index contributed by atoms with van der Waals surface area (Å²) < 4.78 is 7.85. The van der Waals surface area contributed by atoms with Gasteiger partial charge < -0.3 is 15.8 Å². The lowest BCUT2D eigenvalue weighted by Crippen LogP contribution is -2.43. The van der Waals surface area contributed by atoms with Crippen molar-refractivity contribution in [2.75, 3.05) is 23.9 Å². The summed E-state index contributed by atoms with van der Waals surface area (Å²) in [4.78, 5) is 12.7. The van der Waals surface area contributed by atoms with Gasteiger partial charge in [-0.05, 0) is 81.0 Å². The first-order chi connectivity index (χ1) is 16.2. The smallest absolute Gasteiger partial charge is 0.241 e. The lowest BCUT2D eigenvalue weighted by Gasteiger charge is -2.29. The second-order valence-corrected chi connectivity index (χ2v) is 12.9. The molecule has 1 amide bonds. The number of ether oxygens (including phenoxy) is 1. The summed E-state index contributed by atoms with van der Waals surface area (Å²) in [5.74, 6) is 2.02. The number of nitrogens with zero attached hydrogens (tertiary/aromatic N) is 2. The van der Waals surface area contributed by atoms with Crippen LogP contribution >= 0.6 is 0 Å². The van der Waals surface area contributed by atoms with E-state index in [1.807, 2.05) is 35.9 Å². The molecule has 0 radical (unpaired) electrons. The van der Waals surface area contributed by atoms with Crippen LogP contribution in [0.3, 0.4) is 0 Å². The van der Waals surface area contributed by atoms with E-state index >= 15 is 0 Å². The fourth-order valence-corrected chi connectivity index (χ4v) is 5.47. The summed E-state index contributed by atoms with van der Waals surface area (Å²) in [7, 11) is 0.381. The maximum Gasteiger partial charge on any atom is 0.241 e. The van der Waals surface area contributed by atoms with Gasteiger partial charge in [-0.1, -0.05) is 31.9 Å². The Bertz CT molecular complexity index is 933. The Morgan fingerprint density at radius 2 is 1.85 bits per heavy atom. The summed E-state index contributed by atoms with van der Waals surface area (Å²) in [6.07, 6.45) is 6.70. The summed E-state index contributed by atoms with van der Waals surface area (Å²) >= 11 is 0. The Balaban J connectivity index is 1.58. The standard InChI is InChI=1S/C27H42N4O2S/c1-18(2)34(6)16-15-33-17-31-21(5)25(20(4)30-31)22-11-13-24(14-12-22)29-27(32)26(28)23-9-7-19(3)8-10-23/h11-14,18-19,23,26H,7-10,15-17,28H2,1-6H3/p+1/t19?,23?,26-,34?/m0/s1. The van der Waals surface area contributed by atoms with Crippen molar-refractivity contribution in [2.24, 2.45) is 17.6 Å². The van der Waals surface area contributed by atoms with Crippen molar-refractivity contribution in [1.82, 2.24) is 9.78 Å². The summed E-state index contributed by atoms with van der Waals surface area (Å²) in [5, 5.41) is 8.41. The number of anilines is 1. The number of nitrogens with one attached hydrogen (secondary N) is 1. The molecule has 1 aromatic carbocycles. The fraction of sp³-hybridized carbons (Fsp3) is 0.630. The van der Waals surface area contributed by atoms with Crippen LogP contribution in [0.5, 0.6) is 0 Å². The van der Waals surface area contributed by atoms with Crippen molar-refractivity contribution in [3.63, 3.8) is 0 Å². The number of amides is 1.